The monoisotopic (exact) mass is 349 g/mol. The SMILES string of the molecule is CN(c1cccc(CCC(=O)O)c1)S(=O)(=O)c1cnc2n1CCC2. The first-order chi connectivity index (χ1) is 11.4. The van der Waals surface area contributed by atoms with Gasteiger partial charge in [-0.2, -0.15) is 8.42 Å². The van der Waals surface area contributed by atoms with Gasteiger partial charge in [0.15, 0.2) is 5.03 Å². The summed E-state index contributed by atoms with van der Waals surface area (Å²) < 4.78 is 28.8. The Morgan fingerprint density at radius 2 is 2.21 bits per heavy atom. The molecule has 0 spiro atoms. The summed E-state index contributed by atoms with van der Waals surface area (Å²) in [5.41, 5.74) is 1.29. The van der Waals surface area contributed by atoms with Crippen molar-refractivity contribution in [2.75, 3.05) is 11.4 Å². The summed E-state index contributed by atoms with van der Waals surface area (Å²) in [6.07, 6.45) is 3.48. The summed E-state index contributed by atoms with van der Waals surface area (Å²) in [6, 6.07) is 6.94. The number of anilines is 1. The highest BCUT2D eigenvalue weighted by Gasteiger charge is 2.29. The van der Waals surface area contributed by atoms with Crippen molar-refractivity contribution in [1.82, 2.24) is 9.55 Å². The first kappa shape index (κ1) is 16.5. The number of sulfonamides is 1. The van der Waals surface area contributed by atoms with E-state index < -0.39 is 16.0 Å². The van der Waals surface area contributed by atoms with E-state index in [9.17, 15) is 13.2 Å². The number of benzene rings is 1. The molecule has 0 unspecified atom stereocenters. The Kier molecular flexibility index (Phi) is 4.31. The zero-order chi connectivity index (χ0) is 17.3. The lowest BCUT2D eigenvalue weighted by Gasteiger charge is -2.20. The minimum atomic E-state index is -3.70. The van der Waals surface area contributed by atoms with Crippen LogP contribution in [0.1, 0.15) is 24.2 Å². The molecule has 7 nitrogen and oxygen atoms in total. The van der Waals surface area contributed by atoms with Crippen molar-refractivity contribution in [1.29, 1.82) is 0 Å². The van der Waals surface area contributed by atoms with Crippen molar-refractivity contribution in [3.63, 3.8) is 0 Å². The summed E-state index contributed by atoms with van der Waals surface area (Å²) in [5.74, 6) is -0.0756. The van der Waals surface area contributed by atoms with Crippen LogP contribution in [0.25, 0.3) is 0 Å². The second kappa shape index (κ2) is 6.27. The Bertz CT molecular complexity index is 873. The van der Waals surface area contributed by atoms with Crippen LogP contribution >= 0.6 is 0 Å². The van der Waals surface area contributed by atoms with Gasteiger partial charge >= 0.3 is 5.97 Å². The number of aromatic nitrogens is 2. The standard InChI is InChI=1S/C16H19N3O4S/c1-18(13-5-2-4-12(10-13)7-8-16(20)21)24(22,23)15-11-17-14-6-3-9-19(14)15/h2,4-5,10-11H,3,6-9H2,1H3,(H,20,21). The lowest BCUT2D eigenvalue weighted by molar-refractivity contribution is -0.136. The normalized spacial score (nSPS) is 13.7. The van der Waals surface area contributed by atoms with E-state index >= 15 is 0 Å². The van der Waals surface area contributed by atoms with E-state index in [2.05, 4.69) is 4.98 Å². The molecular formula is C16H19N3O4S. The van der Waals surface area contributed by atoms with Crippen LogP contribution in [0.15, 0.2) is 35.5 Å². The number of aliphatic carboxylic acids is 1. The highest BCUT2D eigenvalue weighted by molar-refractivity contribution is 7.92. The van der Waals surface area contributed by atoms with Crippen LogP contribution in [-0.4, -0.2) is 36.1 Å². The molecule has 0 atom stereocenters. The maximum atomic E-state index is 12.9. The van der Waals surface area contributed by atoms with Crippen molar-refractivity contribution < 1.29 is 18.3 Å². The molecular weight excluding hydrogens is 330 g/mol. The highest BCUT2D eigenvalue weighted by Crippen LogP contribution is 2.26. The number of hydrogen-bond donors (Lipinski definition) is 1. The third-order valence-corrected chi connectivity index (χ3v) is 6.00. The maximum Gasteiger partial charge on any atom is 0.303 e. The number of carboxylic acid groups (broad SMARTS) is 1. The van der Waals surface area contributed by atoms with Crippen LogP contribution in [0.2, 0.25) is 0 Å². The Balaban J connectivity index is 1.89. The van der Waals surface area contributed by atoms with Crippen molar-refractivity contribution in [2.45, 2.75) is 37.3 Å². The first-order valence-corrected chi connectivity index (χ1v) is 9.17. The number of nitrogens with zero attached hydrogens (tertiary/aromatic N) is 3. The molecule has 0 bridgehead atoms. The molecule has 1 aromatic heterocycles. The molecule has 0 radical (unpaired) electrons. The highest BCUT2D eigenvalue weighted by atomic mass is 32.2. The molecule has 2 heterocycles. The largest absolute Gasteiger partial charge is 0.481 e. The number of imidazole rings is 1. The first-order valence-electron chi connectivity index (χ1n) is 7.73. The summed E-state index contributed by atoms with van der Waals surface area (Å²) in [6.45, 7) is 0.663. The number of aryl methyl sites for hydroxylation is 2. The summed E-state index contributed by atoms with van der Waals surface area (Å²) in [5, 5.41) is 8.98. The van der Waals surface area contributed by atoms with Gasteiger partial charge in [-0.25, -0.2) is 4.98 Å². The molecule has 128 valence electrons. The van der Waals surface area contributed by atoms with Gasteiger partial charge in [-0.15, -0.1) is 0 Å². The molecule has 3 rings (SSSR count). The van der Waals surface area contributed by atoms with Gasteiger partial charge in [-0.3, -0.25) is 9.10 Å². The van der Waals surface area contributed by atoms with E-state index in [1.807, 2.05) is 0 Å². The van der Waals surface area contributed by atoms with Gasteiger partial charge in [-0.05, 0) is 30.5 Å². The van der Waals surface area contributed by atoms with Gasteiger partial charge in [-0.1, -0.05) is 12.1 Å². The fourth-order valence-corrected chi connectivity index (χ4v) is 4.21. The van der Waals surface area contributed by atoms with Crippen LogP contribution < -0.4 is 4.31 Å². The Hall–Kier alpha value is -2.35. The van der Waals surface area contributed by atoms with Gasteiger partial charge in [0.05, 0.1) is 11.9 Å². The minimum absolute atomic E-state index is 0.00997. The van der Waals surface area contributed by atoms with Crippen molar-refractivity contribution >= 4 is 21.7 Å². The molecule has 8 heteroatoms. The van der Waals surface area contributed by atoms with Crippen LogP contribution in [0, 0.1) is 0 Å². The molecule has 1 aromatic carbocycles. The van der Waals surface area contributed by atoms with Crippen molar-refractivity contribution in [3.05, 3.63) is 41.9 Å². The Morgan fingerprint density at radius 3 is 2.96 bits per heavy atom. The molecule has 1 N–H and O–H groups in total. The van der Waals surface area contributed by atoms with E-state index in [1.165, 1.54) is 17.5 Å². The Morgan fingerprint density at radius 1 is 1.42 bits per heavy atom. The maximum absolute atomic E-state index is 12.9. The lowest BCUT2D eigenvalue weighted by Crippen LogP contribution is -2.28. The predicted molar refractivity (Wildman–Crippen MR) is 88.5 cm³/mol. The summed E-state index contributed by atoms with van der Waals surface area (Å²) in [7, 11) is -2.20. The van der Waals surface area contributed by atoms with E-state index in [0.29, 0.717) is 18.7 Å². The zero-order valence-electron chi connectivity index (χ0n) is 13.3. The number of carboxylic acids is 1. The van der Waals surface area contributed by atoms with Gasteiger partial charge in [0.25, 0.3) is 10.0 Å². The molecule has 2 aromatic rings. The Labute approximate surface area is 140 Å². The summed E-state index contributed by atoms with van der Waals surface area (Å²) in [4.78, 5) is 14.9. The quantitative estimate of drug-likeness (QED) is 0.856. The minimum Gasteiger partial charge on any atom is -0.481 e. The second-order valence-electron chi connectivity index (χ2n) is 5.80. The predicted octanol–water partition coefficient (Wildman–Crippen LogP) is 1.67. The number of hydrogen-bond acceptors (Lipinski definition) is 4. The van der Waals surface area contributed by atoms with Crippen molar-refractivity contribution in [2.24, 2.45) is 0 Å². The smallest absolute Gasteiger partial charge is 0.303 e. The molecule has 0 amide bonds. The van der Waals surface area contributed by atoms with Crippen LogP contribution in [0.3, 0.4) is 0 Å². The number of fused-ring (bicyclic) bond motifs is 1. The molecule has 1 aliphatic heterocycles. The van der Waals surface area contributed by atoms with E-state index in [1.54, 1.807) is 28.8 Å². The topological polar surface area (TPSA) is 92.5 Å². The van der Waals surface area contributed by atoms with Crippen LogP contribution in [0.5, 0.6) is 0 Å². The molecule has 0 aliphatic carbocycles. The molecule has 24 heavy (non-hydrogen) atoms. The van der Waals surface area contributed by atoms with E-state index in [-0.39, 0.29) is 11.4 Å². The number of rotatable bonds is 6. The lowest BCUT2D eigenvalue weighted by atomic mass is 10.1. The van der Waals surface area contributed by atoms with Gasteiger partial charge < -0.3 is 9.67 Å². The average molecular weight is 349 g/mol. The third kappa shape index (κ3) is 3.01. The molecule has 0 fully saturated rings. The molecule has 1 aliphatic rings. The van der Waals surface area contributed by atoms with Crippen molar-refractivity contribution in [3.8, 4) is 0 Å². The van der Waals surface area contributed by atoms with E-state index in [4.69, 9.17) is 5.11 Å². The van der Waals surface area contributed by atoms with E-state index in [0.717, 1.165) is 24.2 Å². The molecule has 0 saturated heterocycles. The van der Waals surface area contributed by atoms with Crippen LogP contribution in [-0.2, 0) is 34.2 Å². The average Bonchev–Trinajstić information content (AvgIpc) is 3.15. The van der Waals surface area contributed by atoms with Gasteiger partial charge in [0, 0.05) is 26.4 Å². The fraction of sp³-hybridized carbons (Fsp3) is 0.375. The second-order valence-corrected chi connectivity index (χ2v) is 7.72. The van der Waals surface area contributed by atoms with Crippen LogP contribution in [0.4, 0.5) is 5.69 Å². The number of carbonyl (C=O) groups is 1. The van der Waals surface area contributed by atoms with Gasteiger partial charge in [0.1, 0.15) is 5.82 Å². The fourth-order valence-electron chi connectivity index (χ4n) is 2.87. The third-order valence-electron chi connectivity index (χ3n) is 4.21. The summed E-state index contributed by atoms with van der Waals surface area (Å²) >= 11 is 0. The molecule has 0 saturated carbocycles. The zero-order valence-corrected chi connectivity index (χ0v) is 14.2. The van der Waals surface area contributed by atoms with Gasteiger partial charge in [0.2, 0.25) is 0 Å².